The largest absolute Gasteiger partial charge is 0.390 e. The standard InChI is InChI=1S/C7H11BrN2O/c8-7(5(9)4-11)6-2-1-3-10-6/h9-11H,1-4H2/b7-6+,9-5?. The Labute approximate surface area is 74.1 Å². The molecule has 11 heavy (non-hydrogen) atoms. The molecule has 1 aliphatic rings. The lowest BCUT2D eigenvalue weighted by Crippen LogP contribution is -2.11. The van der Waals surface area contributed by atoms with Crippen LogP contribution >= 0.6 is 15.9 Å². The van der Waals surface area contributed by atoms with E-state index >= 15 is 0 Å². The Morgan fingerprint density at radius 1 is 1.73 bits per heavy atom. The Morgan fingerprint density at radius 2 is 2.45 bits per heavy atom. The number of aliphatic hydroxyl groups is 1. The zero-order valence-electron chi connectivity index (χ0n) is 6.15. The highest BCUT2D eigenvalue weighted by molar-refractivity contribution is 9.12. The van der Waals surface area contributed by atoms with Crippen LogP contribution in [0.4, 0.5) is 0 Å². The Hall–Kier alpha value is -0.350. The van der Waals surface area contributed by atoms with E-state index in [0.717, 1.165) is 29.6 Å². The van der Waals surface area contributed by atoms with E-state index < -0.39 is 0 Å². The fourth-order valence-electron chi connectivity index (χ4n) is 1.03. The lowest BCUT2D eigenvalue weighted by molar-refractivity contribution is 0.357. The third-order valence-corrected chi connectivity index (χ3v) is 2.59. The van der Waals surface area contributed by atoms with Crippen molar-refractivity contribution in [2.45, 2.75) is 12.8 Å². The van der Waals surface area contributed by atoms with E-state index in [4.69, 9.17) is 10.5 Å². The van der Waals surface area contributed by atoms with Crippen LogP contribution in [-0.2, 0) is 0 Å². The Morgan fingerprint density at radius 3 is 2.91 bits per heavy atom. The van der Waals surface area contributed by atoms with Crippen LogP contribution in [-0.4, -0.2) is 24.0 Å². The van der Waals surface area contributed by atoms with Gasteiger partial charge in [-0.3, -0.25) is 0 Å². The highest BCUT2D eigenvalue weighted by Crippen LogP contribution is 2.19. The number of rotatable bonds is 2. The Bertz CT molecular complexity index is 193. The van der Waals surface area contributed by atoms with E-state index in [1.165, 1.54) is 0 Å². The van der Waals surface area contributed by atoms with Crippen molar-refractivity contribution in [3.8, 4) is 0 Å². The molecule has 0 saturated carbocycles. The molecule has 0 bridgehead atoms. The zero-order valence-corrected chi connectivity index (χ0v) is 7.74. The van der Waals surface area contributed by atoms with Crippen LogP contribution in [0.2, 0.25) is 0 Å². The van der Waals surface area contributed by atoms with Gasteiger partial charge in [0, 0.05) is 12.2 Å². The number of aliphatic hydroxyl groups excluding tert-OH is 1. The second kappa shape index (κ2) is 3.88. The number of nitrogens with one attached hydrogen (secondary N) is 2. The minimum absolute atomic E-state index is 0.203. The molecule has 0 unspecified atom stereocenters. The normalized spacial score (nSPS) is 21.3. The molecule has 3 N–H and O–H groups in total. The summed E-state index contributed by atoms with van der Waals surface area (Å²) in [4.78, 5) is 0. The molecule has 1 rings (SSSR count). The van der Waals surface area contributed by atoms with Crippen LogP contribution in [0.15, 0.2) is 10.2 Å². The van der Waals surface area contributed by atoms with E-state index in [1.54, 1.807) is 0 Å². The fraction of sp³-hybridized carbons (Fsp3) is 0.571. The number of allylic oxidation sites excluding steroid dienone is 1. The highest BCUT2D eigenvalue weighted by Gasteiger charge is 2.12. The monoisotopic (exact) mass is 218 g/mol. The molecule has 0 aliphatic carbocycles. The van der Waals surface area contributed by atoms with Crippen molar-refractivity contribution in [1.82, 2.24) is 5.32 Å². The molecule has 1 fully saturated rings. The third-order valence-electron chi connectivity index (χ3n) is 1.63. The quantitative estimate of drug-likeness (QED) is 0.606. The summed E-state index contributed by atoms with van der Waals surface area (Å²) in [6, 6.07) is 0. The van der Waals surface area contributed by atoms with E-state index in [-0.39, 0.29) is 12.3 Å². The van der Waals surface area contributed by atoms with Crippen molar-refractivity contribution >= 4 is 21.6 Å². The van der Waals surface area contributed by atoms with Crippen molar-refractivity contribution in [3.63, 3.8) is 0 Å². The van der Waals surface area contributed by atoms with Gasteiger partial charge in [0.1, 0.15) is 0 Å². The first kappa shape index (κ1) is 8.74. The maximum absolute atomic E-state index is 8.65. The first-order valence-electron chi connectivity index (χ1n) is 3.57. The van der Waals surface area contributed by atoms with Crippen LogP contribution in [0.5, 0.6) is 0 Å². The van der Waals surface area contributed by atoms with Gasteiger partial charge in [-0.25, -0.2) is 0 Å². The molecule has 0 aromatic carbocycles. The van der Waals surface area contributed by atoms with E-state index in [1.807, 2.05) is 0 Å². The minimum Gasteiger partial charge on any atom is -0.390 e. The van der Waals surface area contributed by atoms with E-state index in [0.29, 0.717) is 0 Å². The van der Waals surface area contributed by atoms with E-state index in [9.17, 15) is 0 Å². The third kappa shape index (κ3) is 2.04. The minimum atomic E-state index is -0.203. The molecule has 62 valence electrons. The first-order chi connectivity index (χ1) is 5.25. The summed E-state index contributed by atoms with van der Waals surface area (Å²) in [7, 11) is 0. The molecule has 0 atom stereocenters. The predicted octanol–water partition coefficient (Wildman–Crippen LogP) is 0.988. The summed E-state index contributed by atoms with van der Waals surface area (Å²) in [6.07, 6.45) is 2.09. The average Bonchev–Trinajstić information content (AvgIpc) is 2.53. The van der Waals surface area contributed by atoms with Gasteiger partial charge < -0.3 is 15.8 Å². The Balaban J connectivity index is 2.69. The lowest BCUT2D eigenvalue weighted by Gasteiger charge is -2.03. The summed E-state index contributed by atoms with van der Waals surface area (Å²) in [5.41, 5.74) is 1.29. The molecule has 0 aromatic heterocycles. The average molecular weight is 219 g/mol. The summed E-state index contributed by atoms with van der Waals surface area (Å²) >= 11 is 3.26. The smallest absolute Gasteiger partial charge is 0.0858 e. The SMILES string of the molecule is N=C(CO)/C(Br)=C1/CCCN1. The fourth-order valence-corrected chi connectivity index (χ4v) is 1.50. The van der Waals surface area contributed by atoms with Gasteiger partial charge in [-0.05, 0) is 28.8 Å². The first-order valence-corrected chi connectivity index (χ1v) is 4.36. The van der Waals surface area contributed by atoms with Gasteiger partial charge in [-0.1, -0.05) is 0 Å². The van der Waals surface area contributed by atoms with Gasteiger partial charge in [-0.15, -0.1) is 0 Å². The van der Waals surface area contributed by atoms with Gasteiger partial charge in [-0.2, -0.15) is 0 Å². The van der Waals surface area contributed by atoms with Crippen LogP contribution in [0.25, 0.3) is 0 Å². The topological polar surface area (TPSA) is 56.1 Å². The van der Waals surface area contributed by atoms with Crippen LogP contribution < -0.4 is 5.32 Å². The number of hydrogen-bond donors (Lipinski definition) is 3. The van der Waals surface area contributed by atoms with Gasteiger partial charge in [0.15, 0.2) is 0 Å². The molecular formula is C7H11BrN2O. The van der Waals surface area contributed by atoms with Gasteiger partial charge >= 0.3 is 0 Å². The molecule has 1 heterocycles. The second-order valence-corrected chi connectivity index (χ2v) is 3.25. The Kier molecular flexibility index (Phi) is 3.08. The molecule has 4 heteroatoms. The lowest BCUT2D eigenvalue weighted by atomic mass is 10.2. The maximum atomic E-state index is 8.65. The molecule has 3 nitrogen and oxygen atoms in total. The van der Waals surface area contributed by atoms with E-state index in [2.05, 4.69) is 21.2 Å². The molecule has 0 spiro atoms. The van der Waals surface area contributed by atoms with Crippen LogP contribution in [0.3, 0.4) is 0 Å². The van der Waals surface area contributed by atoms with Crippen LogP contribution in [0.1, 0.15) is 12.8 Å². The van der Waals surface area contributed by atoms with Gasteiger partial charge in [0.05, 0.1) is 16.8 Å². The molecular weight excluding hydrogens is 208 g/mol. The van der Waals surface area contributed by atoms with Gasteiger partial charge in [0.25, 0.3) is 0 Å². The molecule has 0 aromatic rings. The zero-order chi connectivity index (χ0) is 8.27. The molecule has 1 aliphatic heterocycles. The highest BCUT2D eigenvalue weighted by atomic mass is 79.9. The van der Waals surface area contributed by atoms with Crippen molar-refractivity contribution in [1.29, 1.82) is 5.41 Å². The summed E-state index contributed by atoms with van der Waals surface area (Å²) in [5.74, 6) is 0. The molecule has 0 radical (unpaired) electrons. The second-order valence-electron chi connectivity index (χ2n) is 2.46. The van der Waals surface area contributed by atoms with Crippen LogP contribution in [0, 0.1) is 5.41 Å². The van der Waals surface area contributed by atoms with Crippen molar-refractivity contribution in [3.05, 3.63) is 10.2 Å². The molecule has 0 amide bonds. The summed E-state index contributed by atoms with van der Waals surface area (Å²) in [5, 5.41) is 19.1. The van der Waals surface area contributed by atoms with Crippen molar-refractivity contribution in [2.24, 2.45) is 0 Å². The predicted molar refractivity (Wildman–Crippen MR) is 48.0 cm³/mol. The molecule has 1 saturated heterocycles. The summed E-state index contributed by atoms with van der Waals surface area (Å²) < 4.78 is 0.720. The summed E-state index contributed by atoms with van der Waals surface area (Å²) in [6.45, 7) is 0.773. The van der Waals surface area contributed by atoms with Crippen molar-refractivity contribution in [2.75, 3.05) is 13.2 Å². The van der Waals surface area contributed by atoms with Gasteiger partial charge in [0.2, 0.25) is 0 Å². The van der Waals surface area contributed by atoms with Crippen molar-refractivity contribution < 1.29 is 5.11 Å². The number of hydrogen-bond acceptors (Lipinski definition) is 3. The number of halogens is 1. The maximum Gasteiger partial charge on any atom is 0.0858 e.